The molecule has 0 amide bonds. The summed E-state index contributed by atoms with van der Waals surface area (Å²) in [6, 6.07) is 13.6. The van der Waals surface area contributed by atoms with Crippen LogP contribution in [-0.2, 0) is 13.1 Å². The van der Waals surface area contributed by atoms with E-state index in [-0.39, 0.29) is 0 Å². The van der Waals surface area contributed by atoms with Gasteiger partial charge in [-0.1, -0.05) is 35.9 Å². The van der Waals surface area contributed by atoms with Gasteiger partial charge in [-0.15, -0.1) is 0 Å². The fourth-order valence-corrected chi connectivity index (χ4v) is 2.45. The lowest BCUT2D eigenvalue weighted by Gasteiger charge is -2.10. The molecular formula is C18H18ClN5. The lowest BCUT2D eigenvalue weighted by molar-refractivity contribution is 1.01. The maximum absolute atomic E-state index is 6.18. The van der Waals surface area contributed by atoms with Gasteiger partial charge >= 0.3 is 0 Å². The van der Waals surface area contributed by atoms with E-state index >= 15 is 0 Å². The summed E-state index contributed by atoms with van der Waals surface area (Å²) in [6.07, 6.45) is 3.57. The first-order valence-electron chi connectivity index (χ1n) is 7.66. The quantitative estimate of drug-likeness (QED) is 0.709. The summed E-state index contributed by atoms with van der Waals surface area (Å²) < 4.78 is 0. The Balaban J connectivity index is 1.66. The monoisotopic (exact) mass is 339 g/mol. The van der Waals surface area contributed by atoms with Gasteiger partial charge in [-0.2, -0.15) is 4.98 Å². The zero-order valence-corrected chi connectivity index (χ0v) is 14.1. The summed E-state index contributed by atoms with van der Waals surface area (Å²) in [5.74, 6) is 1.34. The molecule has 0 saturated carbocycles. The Morgan fingerprint density at radius 2 is 1.88 bits per heavy atom. The van der Waals surface area contributed by atoms with Crippen LogP contribution in [0.1, 0.15) is 16.8 Å². The second kappa shape index (κ2) is 7.75. The minimum absolute atomic E-state index is 0.584. The number of anilines is 2. The van der Waals surface area contributed by atoms with E-state index < -0.39 is 0 Å². The summed E-state index contributed by atoms with van der Waals surface area (Å²) in [4.78, 5) is 13.0. The van der Waals surface area contributed by atoms with Crippen molar-refractivity contribution in [3.05, 3.63) is 76.7 Å². The topological polar surface area (TPSA) is 62.7 Å². The minimum atomic E-state index is 0.584. The number of nitrogens with one attached hydrogen (secondary N) is 2. The average molecular weight is 340 g/mol. The lowest BCUT2D eigenvalue weighted by atomic mass is 10.2. The normalized spacial score (nSPS) is 10.4. The second-order valence-electron chi connectivity index (χ2n) is 5.38. The van der Waals surface area contributed by atoms with Gasteiger partial charge in [0.25, 0.3) is 0 Å². The molecule has 0 aliphatic heterocycles. The Morgan fingerprint density at radius 3 is 2.67 bits per heavy atom. The van der Waals surface area contributed by atoms with E-state index in [2.05, 4.69) is 25.6 Å². The molecule has 0 fully saturated rings. The van der Waals surface area contributed by atoms with Crippen molar-refractivity contribution in [1.82, 2.24) is 15.0 Å². The van der Waals surface area contributed by atoms with Crippen molar-refractivity contribution in [2.75, 3.05) is 10.6 Å². The van der Waals surface area contributed by atoms with Crippen LogP contribution in [-0.4, -0.2) is 15.0 Å². The molecule has 0 aliphatic carbocycles. The fourth-order valence-electron chi connectivity index (χ4n) is 2.25. The third-order valence-electron chi connectivity index (χ3n) is 3.45. The predicted octanol–water partition coefficient (Wildman–Crippen LogP) is 4.06. The fraction of sp³-hybridized carbons (Fsp3) is 0.167. The molecule has 3 rings (SSSR count). The van der Waals surface area contributed by atoms with Crippen LogP contribution in [0, 0.1) is 6.92 Å². The highest BCUT2D eigenvalue weighted by Gasteiger charge is 2.04. The van der Waals surface area contributed by atoms with Crippen molar-refractivity contribution >= 4 is 23.4 Å². The van der Waals surface area contributed by atoms with E-state index in [1.54, 1.807) is 6.20 Å². The predicted molar refractivity (Wildman–Crippen MR) is 97.1 cm³/mol. The first kappa shape index (κ1) is 16.2. The molecule has 2 N–H and O–H groups in total. The maximum Gasteiger partial charge on any atom is 0.225 e. The van der Waals surface area contributed by atoms with Crippen LogP contribution in [0.3, 0.4) is 0 Å². The van der Waals surface area contributed by atoms with Crippen molar-refractivity contribution in [2.24, 2.45) is 0 Å². The van der Waals surface area contributed by atoms with Gasteiger partial charge in [0.05, 0.1) is 0 Å². The molecule has 122 valence electrons. The van der Waals surface area contributed by atoms with E-state index in [1.807, 2.05) is 55.6 Å². The van der Waals surface area contributed by atoms with Gasteiger partial charge in [0, 0.05) is 42.3 Å². The molecule has 0 bridgehead atoms. The molecule has 1 aromatic carbocycles. The summed E-state index contributed by atoms with van der Waals surface area (Å²) >= 11 is 6.18. The molecule has 0 unspecified atom stereocenters. The number of aromatic nitrogens is 3. The minimum Gasteiger partial charge on any atom is -0.366 e. The number of benzene rings is 1. The highest BCUT2D eigenvalue weighted by molar-refractivity contribution is 6.31. The summed E-state index contributed by atoms with van der Waals surface area (Å²) in [7, 11) is 0. The Kier molecular flexibility index (Phi) is 5.23. The Morgan fingerprint density at radius 1 is 1.00 bits per heavy atom. The Hall–Kier alpha value is -2.66. The van der Waals surface area contributed by atoms with Crippen LogP contribution >= 0.6 is 11.6 Å². The van der Waals surface area contributed by atoms with Crippen molar-refractivity contribution in [3.63, 3.8) is 0 Å². The van der Waals surface area contributed by atoms with Gasteiger partial charge in [0.15, 0.2) is 0 Å². The van der Waals surface area contributed by atoms with Crippen molar-refractivity contribution < 1.29 is 0 Å². The molecule has 5 nitrogen and oxygen atoms in total. The molecule has 0 spiro atoms. The van der Waals surface area contributed by atoms with Gasteiger partial charge < -0.3 is 10.6 Å². The van der Waals surface area contributed by atoms with Gasteiger partial charge in [0.2, 0.25) is 5.95 Å². The Bertz CT molecular complexity index is 808. The lowest BCUT2D eigenvalue weighted by Crippen LogP contribution is -2.08. The van der Waals surface area contributed by atoms with E-state index in [1.165, 1.54) is 0 Å². The highest BCUT2D eigenvalue weighted by Crippen LogP contribution is 2.17. The molecule has 0 saturated heterocycles. The average Bonchev–Trinajstić information content (AvgIpc) is 2.60. The summed E-state index contributed by atoms with van der Waals surface area (Å²) in [5, 5.41) is 7.26. The number of hydrogen-bond acceptors (Lipinski definition) is 5. The Labute approximate surface area is 146 Å². The van der Waals surface area contributed by atoms with Crippen LogP contribution in [0.25, 0.3) is 0 Å². The maximum atomic E-state index is 6.18. The molecule has 24 heavy (non-hydrogen) atoms. The molecule has 0 radical (unpaired) electrons. The van der Waals surface area contributed by atoms with Gasteiger partial charge in [-0.3, -0.25) is 4.98 Å². The van der Waals surface area contributed by atoms with E-state index in [9.17, 15) is 0 Å². The molecule has 3 aromatic rings. The number of halogens is 1. The first-order valence-corrected chi connectivity index (χ1v) is 8.04. The van der Waals surface area contributed by atoms with Crippen molar-refractivity contribution in [1.29, 1.82) is 0 Å². The first-order chi connectivity index (χ1) is 11.7. The smallest absolute Gasteiger partial charge is 0.225 e. The molecule has 6 heteroatoms. The SMILES string of the molecule is Cc1cc(NCc2ccccc2Cl)nc(NCc2cccnc2)n1. The molecule has 2 aromatic heterocycles. The number of hydrogen-bond donors (Lipinski definition) is 2. The summed E-state index contributed by atoms with van der Waals surface area (Å²) in [5.41, 5.74) is 2.99. The van der Waals surface area contributed by atoms with Crippen LogP contribution < -0.4 is 10.6 Å². The van der Waals surface area contributed by atoms with Crippen molar-refractivity contribution in [2.45, 2.75) is 20.0 Å². The van der Waals surface area contributed by atoms with Crippen LogP contribution in [0.2, 0.25) is 5.02 Å². The number of pyridine rings is 1. The van der Waals surface area contributed by atoms with Crippen LogP contribution in [0.4, 0.5) is 11.8 Å². The standard InChI is InChI=1S/C18H18ClN5/c1-13-9-17(21-12-15-6-2-3-7-16(15)19)24-18(23-13)22-11-14-5-4-8-20-10-14/h2-10H,11-12H2,1H3,(H2,21,22,23,24). The summed E-state index contributed by atoms with van der Waals surface area (Å²) in [6.45, 7) is 3.18. The van der Waals surface area contributed by atoms with E-state index in [0.29, 0.717) is 19.0 Å². The van der Waals surface area contributed by atoms with Crippen molar-refractivity contribution in [3.8, 4) is 0 Å². The largest absolute Gasteiger partial charge is 0.366 e. The highest BCUT2D eigenvalue weighted by atomic mass is 35.5. The third kappa shape index (κ3) is 4.43. The zero-order chi connectivity index (χ0) is 16.8. The van der Waals surface area contributed by atoms with E-state index in [0.717, 1.165) is 27.7 Å². The third-order valence-corrected chi connectivity index (χ3v) is 3.81. The second-order valence-corrected chi connectivity index (χ2v) is 5.79. The molecule has 2 heterocycles. The zero-order valence-electron chi connectivity index (χ0n) is 13.3. The van der Waals surface area contributed by atoms with Crippen LogP contribution in [0.15, 0.2) is 54.9 Å². The van der Waals surface area contributed by atoms with Gasteiger partial charge in [-0.25, -0.2) is 4.98 Å². The molecular weight excluding hydrogens is 322 g/mol. The molecule has 0 atom stereocenters. The van der Waals surface area contributed by atoms with E-state index in [4.69, 9.17) is 11.6 Å². The van der Waals surface area contributed by atoms with Crippen LogP contribution in [0.5, 0.6) is 0 Å². The van der Waals surface area contributed by atoms with Gasteiger partial charge in [-0.05, 0) is 30.2 Å². The van der Waals surface area contributed by atoms with Gasteiger partial charge in [0.1, 0.15) is 5.82 Å². The number of aryl methyl sites for hydroxylation is 1. The number of rotatable bonds is 6. The molecule has 0 aliphatic rings. The number of nitrogens with zero attached hydrogens (tertiary/aromatic N) is 3.